The Balaban J connectivity index is 2.93. The van der Waals surface area contributed by atoms with Crippen molar-refractivity contribution in [1.29, 1.82) is 0 Å². The highest BCUT2D eigenvalue weighted by Crippen LogP contribution is 2.62. The zero-order chi connectivity index (χ0) is 22.5. The molecule has 160 valence electrons. The minimum absolute atomic E-state index is 0.552. The minimum atomic E-state index is -7.23. The molecule has 0 nitrogen and oxygen atoms in total. The lowest BCUT2D eigenvalue weighted by molar-refractivity contribution is -0.410. The van der Waals surface area contributed by atoms with Gasteiger partial charge in [0.25, 0.3) is 0 Å². The molecule has 0 bridgehead atoms. The first-order valence-electron chi connectivity index (χ1n) is 7.42. The Hall–Kier alpha value is -1.30. The van der Waals surface area contributed by atoms with Crippen LogP contribution in [-0.4, -0.2) is 23.9 Å². The molecule has 0 amide bonds. The Kier molecular flexibility index (Phi) is 6.15. The number of alkyl halides is 10. The molecule has 2 rings (SSSR count). The summed E-state index contributed by atoms with van der Waals surface area (Å²) in [5.74, 6) is -20.9. The van der Waals surface area contributed by atoms with Crippen molar-refractivity contribution >= 4 is 31.9 Å². The molecule has 2 aromatic rings. The van der Waals surface area contributed by atoms with Gasteiger partial charge in [0.2, 0.25) is 5.67 Å². The molecule has 0 saturated carbocycles. The maximum atomic E-state index is 16.0. The third kappa shape index (κ3) is 3.45. The molecule has 12 heteroatoms. The first kappa shape index (κ1) is 24.0. The smallest absolute Gasteiger partial charge is 0.226 e. The van der Waals surface area contributed by atoms with Crippen molar-refractivity contribution in [3.05, 3.63) is 68.6 Å². The van der Waals surface area contributed by atoms with Crippen molar-refractivity contribution in [3.8, 4) is 0 Å². The zero-order valence-corrected chi connectivity index (χ0v) is 16.8. The predicted molar refractivity (Wildman–Crippen MR) is 91.1 cm³/mol. The van der Waals surface area contributed by atoms with E-state index in [1.54, 1.807) is 0 Å². The summed E-state index contributed by atoms with van der Waals surface area (Å²) in [6.07, 6.45) is -7.07. The van der Waals surface area contributed by atoms with E-state index in [-0.39, 0.29) is 0 Å². The quantitative estimate of drug-likeness (QED) is 0.326. The highest BCUT2D eigenvalue weighted by molar-refractivity contribution is 9.10. The maximum Gasteiger partial charge on any atom is 0.460 e. The monoisotopic (exact) mass is 560 g/mol. The lowest BCUT2D eigenvalue weighted by Crippen LogP contribution is -2.66. The molecule has 0 unspecified atom stereocenters. The molecule has 2 aromatic carbocycles. The molecule has 0 spiro atoms. The first-order chi connectivity index (χ1) is 13.0. The fraction of sp³-hybridized carbons (Fsp3) is 0.294. The summed E-state index contributed by atoms with van der Waals surface area (Å²) >= 11 is 5.32. The van der Waals surface area contributed by atoms with Gasteiger partial charge < -0.3 is 0 Å². The Morgan fingerprint density at radius 1 is 0.483 bits per heavy atom. The summed E-state index contributed by atoms with van der Waals surface area (Å²) in [5, 5.41) is 0. The minimum Gasteiger partial charge on any atom is -0.226 e. The molecule has 0 saturated heterocycles. The number of halogens is 12. The number of rotatable bonds is 5. The van der Waals surface area contributed by atoms with E-state index in [0.29, 0.717) is 12.1 Å². The van der Waals surface area contributed by atoms with Crippen LogP contribution in [0.4, 0.5) is 43.9 Å². The molecular formula is C17H8Br2F10. The van der Waals surface area contributed by atoms with Crippen LogP contribution in [0, 0.1) is 0 Å². The molecule has 0 N–H and O–H groups in total. The zero-order valence-electron chi connectivity index (χ0n) is 13.7. The van der Waals surface area contributed by atoms with E-state index in [2.05, 4.69) is 31.9 Å². The second-order valence-corrected chi connectivity index (χ2v) is 7.55. The van der Waals surface area contributed by atoms with Crippen LogP contribution in [0.3, 0.4) is 0 Å². The van der Waals surface area contributed by atoms with E-state index in [0.717, 1.165) is 24.3 Å². The van der Waals surface area contributed by atoms with Crippen molar-refractivity contribution < 1.29 is 43.9 Å². The van der Waals surface area contributed by atoms with Gasteiger partial charge >= 0.3 is 23.9 Å². The van der Waals surface area contributed by atoms with E-state index in [4.69, 9.17) is 0 Å². The maximum absolute atomic E-state index is 16.0. The highest BCUT2D eigenvalue weighted by atomic mass is 79.9. The molecular weight excluding hydrogens is 554 g/mol. The Morgan fingerprint density at radius 3 is 1.14 bits per heavy atom. The van der Waals surface area contributed by atoms with E-state index in [1.807, 2.05) is 0 Å². The second-order valence-electron chi connectivity index (χ2n) is 5.84. The summed E-state index contributed by atoms with van der Waals surface area (Å²) in [4.78, 5) is 0. The SMILES string of the molecule is FC(F)(F)C(F)(F)C(F)(F)C(F)(F)C(F)(c1ccccc1Br)c1ccccc1Br. The van der Waals surface area contributed by atoms with E-state index < -0.39 is 49.7 Å². The van der Waals surface area contributed by atoms with Gasteiger partial charge in [0, 0.05) is 20.1 Å². The van der Waals surface area contributed by atoms with Crippen LogP contribution in [0.5, 0.6) is 0 Å². The molecule has 0 aromatic heterocycles. The van der Waals surface area contributed by atoms with Crippen molar-refractivity contribution in [1.82, 2.24) is 0 Å². The third-order valence-electron chi connectivity index (χ3n) is 4.07. The molecule has 0 heterocycles. The predicted octanol–water partition coefficient (Wildman–Crippen LogP) is 7.89. The number of hydrogen-bond donors (Lipinski definition) is 0. The lowest BCUT2D eigenvalue weighted by Gasteiger charge is -2.42. The summed E-state index contributed by atoms with van der Waals surface area (Å²) in [6, 6.07) is 7.23. The van der Waals surface area contributed by atoms with Gasteiger partial charge in [0.1, 0.15) is 0 Å². The first-order valence-corrected chi connectivity index (χ1v) is 9.01. The van der Waals surface area contributed by atoms with Gasteiger partial charge in [-0.05, 0) is 12.1 Å². The van der Waals surface area contributed by atoms with Crippen LogP contribution in [-0.2, 0) is 5.67 Å². The lowest BCUT2D eigenvalue weighted by atomic mass is 9.78. The molecule has 0 radical (unpaired) electrons. The second kappa shape index (κ2) is 7.44. The molecule has 0 atom stereocenters. The number of hydrogen-bond acceptors (Lipinski definition) is 0. The van der Waals surface area contributed by atoms with Crippen molar-refractivity contribution in [2.24, 2.45) is 0 Å². The third-order valence-corrected chi connectivity index (χ3v) is 5.45. The van der Waals surface area contributed by atoms with Gasteiger partial charge in [-0.1, -0.05) is 68.3 Å². The van der Waals surface area contributed by atoms with E-state index in [1.165, 1.54) is 12.1 Å². The van der Waals surface area contributed by atoms with Gasteiger partial charge in [-0.15, -0.1) is 0 Å². The molecule has 29 heavy (non-hydrogen) atoms. The summed E-state index contributed by atoms with van der Waals surface area (Å²) in [5.41, 5.74) is -7.32. The Morgan fingerprint density at radius 2 is 0.828 bits per heavy atom. The van der Waals surface area contributed by atoms with Gasteiger partial charge in [-0.2, -0.15) is 39.5 Å². The normalized spacial score (nSPS) is 14.2. The summed E-state index contributed by atoms with van der Waals surface area (Å²) in [6.45, 7) is 0. The summed E-state index contributed by atoms with van der Waals surface area (Å²) < 4.78 is 137. The van der Waals surface area contributed by atoms with Crippen LogP contribution in [0.1, 0.15) is 11.1 Å². The van der Waals surface area contributed by atoms with Gasteiger partial charge in [-0.25, -0.2) is 4.39 Å². The average molecular weight is 562 g/mol. The largest absolute Gasteiger partial charge is 0.460 e. The Labute approximate surface area is 174 Å². The standard InChI is InChI=1S/C17H8Br2F10/c18-11-7-3-1-5-9(11)13(20,10-6-2-4-8-12(10)19)14(21,22)15(23,24)16(25,26)17(27,28)29/h1-8H. The average Bonchev–Trinajstić information content (AvgIpc) is 2.60. The van der Waals surface area contributed by atoms with Gasteiger partial charge in [-0.3, -0.25) is 0 Å². The van der Waals surface area contributed by atoms with Crippen LogP contribution in [0.2, 0.25) is 0 Å². The van der Waals surface area contributed by atoms with Crippen LogP contribution >= 0.6 is 31.9 Å². The van der Waals surface area contributed by atoms with Crippen LogP contribution < -0.4 is 0 Å². The molecule has 0 aliphatic heterocycles. The van der Waals surface area contributed by atoms with Crippen LogP contribution in [0.25, 0.3) is 0 Å². The number of benzene rings is 2. The molecule has 0 fully saturated rings. The van der Waals surface area contributed by atoms with Crippen molar-refractivity contribution in [3.63, 3.8) is 0 Å². The molecule has 0 aliphatic rings. The fourth-order valence-electron chi connectivity index (χ4n) is 2.56. The van der Waals surface area contributed by atoms with E-state index >= 15 is 4.39 Å². The topological polar surface area (TPSA) is 0 Å². The fourth-order valence-corrected chi connectivity index (χ4v) is 3.67. The van der Waals surface area contributed by atoms with Crippen molar-refractivity contribution in [2.75, 3.05) is 0 Å². The highest BCUT2D eigenvalue weighted by Gasteiger charge is 2.86. The Bertz CT molecular complexity index is 846. The van der Waals surface area contributed by atoms with Crippen LogP contribution in [0.15, 0.2) is 57.5 Å². The van der Waals surface area contributed by atoms with E-state index in [9.17, 15) is 39.5 Å². The van der Waals surface area contributed by atoms with Crippen molar-refractivity contribution in [2.45, 2.75) is 29.6 Å². The summed E-state index contributed by atoms with van der Waals surface area (Å²) in [7, 11) is 0. The molecule has 0 aliphatic carbocycles. The van der Waals surface area contributed by atoms with Gasteiger partial charge in [0.05, 0.1) is 0 Å². The van der Waals surface area contributed by atoms with Gasteiger partial charge in [0.15, 0.2) is 0 Å².